The van der Waals surface area contributed by atoms with Gasteiger partial charge < -0.3 is 15.0 Å². The number of amides is 2. The lowest BCUT2D eigenvalue weighted by molar-refractivity contribution is 0.134. The fourth-order valence-corrected chi connectivity index (χ4v) is 2.96. The van der Waals surface area contributed by atoms with Crippen molar-refractivity contribution in [2.45, 2.75) is 13.1 Å². The van der Waals surface area contributed by atoms with Crippen LogP contribution in [0.2, 0.25) is 0 Å². The lowest BCUT2D eigenvalue weighted by Gasteiger charge is -2.34. The van der Waals surface area contributed by atoms with E-state index in [1.54, 1.807) is 7.11 Å². The van der Waals surface area contributed by atoms with Crippen molar-refractivity contribution in [2.75, 3.05) is 33.3 Å². The molecule has 25 heavy (non-hydrogen) atoms. The van der Waals surface area contributed by atoms with Gasteiger partial charge >= 0.3 is 6.03 Å². The summed E-state index contributed by atoms with van der Waals surface area (Å²) < 4.78 is 5.32. The van der Waals surface area contributed by atoms with E-state index in [1.165, 1.54) is 0 Å². The molecule has 6 nitrogen and oxygen atoms in total. The molecular formula is C19H24N4O2. The molecule has 2 amide bonds. The first-order chi connectivity index (χ1) is 12.3. The molecule has 0 unspecified atom stereocenters. The third kappa shape index (κ3) is 4.70. The Bertz CT molecular complexity index is 685. The number of aromatic nitrogens is 1. The van der Waals surface area contributed by atoms with E-state index in [0.717, 1.165) is 49.7 Å². The minimum Gasteiger partial charge on any atom is -0.496 e. The monoisotopic (exact) mass is 340 g/mol. The van der Waals surface area contributed by atoms with Crippen molar-refractivity contribution >= 4 is 6.03 Å². The molecule has 1 aromatic heterocycles. The van der Waals surface area contributed by atoms with Gasteiger partial charge in [-0.25, -0.2) is 4.79 Å². The van der Waals surface area contributed by atoms with Gasteiger partial charge in [-0.15, -0.1) is 0 Å². The molecular weight excluding hydrogens is 316 g/mol. The summed E-state index contributed by atoms with van der Waals surface area (Å²) >= 11 is 0. The van der Waals surface area contributed by atoms with Crippen LogP contribution in [-0.2, 0) is 13.1 Å². The molecule has 1 fully saturated rings. The highest BCUT2D eigenvalue weighted by atomic mass is 16.5. The Balaban J connectivity index is 1.45. The first-order valence-electron chi connectivity index (χ1n) is 8.53. The Labute approximate surface area is 148 Å². The average molecular weight is 340 g/mol. The van der Waals surface area contributed by atoms with Crippen molar-refractivity contribution in [1.82, 2.24) is 20.1 Å². The first kappa shape index (κ1) is 17.2. The second-order valence-electron chi connectivity index (χ2n) is 6.05. The minimum absolute atomic E-state index is 0.0246. The maximum absolute atomic E-state index is 12.4. The Morgan fingerprint density at radius 2 is 1.88 bits per heavy atom. The standard InChI is InChI=1S/C19H24N4O2/c1-25-18-8-3-2-6-16(18)14-21-19(24)23-12-10-22(11-13-23)15-17-7-4-5-9-20-17/h2-9H,10-15H2,1H3,(H,21,24). The van der Waals surface area contributed by atoms with E-state index >= 15 is 0 Å². The van der Waals surface area contributed by atoms with E-state index in [-0.39, 0.29) is 6.03 Å². The third-order valence-electron chi connectivity index (χ3n) is 4.39. The number of methoxy groups -OCH3 is 1. The van der Waals surface area contributed by atoms with Crippen LogP contribution in [0.15, 0.2) is 48.7 Å². The zero-order valence-electron chi connectivity index (χ0n) is 14.5. The highest BCUT2D eigenvalue weighted by Gasteiger charge is 2.21. The van der Waals surface area contributed by atoms with Crippen LogP contribution in [0.1, 0.15) is 11.3 Å². The van der Waals surface area contributed by atoms with Gasteiger partial charge in [-0.2, -0.15) is 0 Å². The smallest absolute Gasteiger partial charge is 0.317 e. The molecule has 0 spiro atoms. The quantitative estimate of drug-likeness (QED) is 0.906. The normalized spacial score (nSPS) is 15.0. The largest absolute Gasteiger partial charge is 0.496 e. The maximum Gasteiger partial charge on any atom is 0.317 e. The van der Waals surface area contributed by atoms with Gasteiger partial charge in [0, 0.05) is 51.0 Å². The second-order valence-corrected chi connectivity index (χ2v) is 6.05. The molecule has 1 N–H and O–H groups in total. The molecule has 6 heteroatoms. The maximum atomic E-state index is 12.4. The number of rotatable bonds is 5. The number of hydrogen-bond acceptors (Lipinski definition) is 4. The molecule has 2 aromatic rings. The van der Waals surface area contributed by atoms with Crippen LogP contribution in [0.3, 0.4) is 0 Å². The number of carbonyl (C=O) groups is 1. The highest BCUT2D eigenvalue weighted by molar-refractivity contribution is 5.74. The second kappa shape index (κ2) is 8.48. The van der Waals surface area contributed by atoms with E-state index in [0.29, 0.717) is 6.54 Å². The Morgan fingerprint density at radius 1 is 1.12 bits per heavy atom. The van der Waals surface area contributed by atoms with Gasteiger partial charge in [-0.1, -0.05) is 24.3 Å². The summed E-state index contributed by atoms with van der Waals surface area (Å²) in [5, 5.41) is 2.98. The molecule has 3 rings (SSSR count). The molecule has 0 saturated carbocycles. The summed E-state index contributed by atoms with van der Waals surface area (Å²) in [5.74, 6) is 0.794. The molecule has 132 valence electrons. The Morgan fingerprint density at radius 3 is 2.60 bits per heavy atom. The van der Waals surface area contributed by atoms with Crippen molar-refractivity contribution in [3.63, 3.8) is 0 Å². The zero-order chi connectivity index (χ0) is 17.5. The molecule has 1 aromatic carbocycles. The van der Waals surface area contributed by atoms with Crippen LogP contribution in [0.4, 0.5) is 4.79 Å². The van der Waals surface area contributed by atoms with Crippen LogP contribution in [0, 0.1) is 0 Å². The summed E-state index contributed by atoms with van der Waals surface area (Å²) in [7, 11) is 1.64. The Hall–Kier alpha value is -2.60. The number of nitrogens with zero attached hydrogens (tertiary/aromatic N) is 3. The molecule has 0 atom stereocenters. The third-order valence-corrected chi connectivity index (χ3v) is 4.39. The summed E-state index contributed by atoms with van der Waals surface area (Å²) in [6, 6.07) is 13.7. The molecule has 1 saturated heterocycles. The van der Waals surface area contributed by atoms with Crippen LogP contribution >= 0.6 is 0 Å². The zero-order valence-corrected chi connectivity index (χ0v) is 14.5. The number of pyridine rings is 1. The van der Waals surface area contributed by atoms with Crippen LogP contribution in [0.25, 0.3) is 0 Å². The van der Waals surface area contributed by atoms with Gasteiger partial charge in [-0.3, -0.25) is 9.88 Å². The number of carbonyl (C=O) groups excluding carboxylic acids is 1. The van der Waals surface area contributed by atoms with Crippen LogP contribution < -0.4 is 10.1 Å². The van der Waals surface area contributed by atoms with Gasteiger partial charge in [0.2, 0.25) is 0 Å². The fourth-order valence-electron chi connectivity index (χ4n) is 2.96. The van der Waals surface area contributed by atoms with E-state index in [1.807, 2.05) is 53.6 Å². The molecule has 1 aliphatic heterocycles. The van der Waals surface area contributed by atoms with Crippen LogP contribution in [0.5, 0.6) is 5.75 Å². The number of hydrogen-bond donors (Lipinski definition) is 1. The van der Waals surface area contributed by atoms with Gasteiger partial charge in [0.05, 0.1) is 12.8 Å². The number of ether oxygens (including phenoxy) is 1. The van der Waals surface area contributed by atoms with E-state index in [9.17, 15) is 4.79 Å². The summed E-state index contributed by atoms with van der Waals surface area (Å²) in [6.45, 7) is 4.47. The molecule has 2 heterocycles. The molecule has 1 aliphatic rings. The lowest BCUT2D eigenvalue weighted by Crippen LogP contribution is -2.51. The average Bonchev–Trinajstić information content (AvgIpc) is 2.67. The van der Waals surface area contributed by atoms with Crippen LogP contribution in [-0.4, -0.2) is 54.1 Å². The summed E-state index contributed by atoms with van der Waals surface area (Å²) in [5.41, 5.74) is 2.05. The van der Waals surface area contributed by atoms with Crippen molar-refractivity contribution in [2.24, 2.45) is 0 Å². The van der Waals surface area contributed by atoms with E-state index < -0.39 is 0 Å². The number of para-hydroxylation sites is 1. The predicted molar refractivity (Wildman–Crippen MR) is 96.3 cm³/mol. The summed E-state index contributed by atoms with van der Waals surface area (Å²) in [4.78, 5) is 20.9. The number of benzene rings is 1. The van der Waals surface area contributed by atoms with Gasteiger partial charge in [-0.05, 0) is 18.2 Å². The van der Waals surface area contributed by atoms with Crippen molar-refractivity contribution < 1.29 is 9.53 Å². The molecule has 0 bridgehead atoms. The first-order valence-corrected chi connectivity index (χ1v) is 8.53. The SMILES string of the molecule is COc1ccccc1CNC(=O)N1CCN(Cc2ccccn2)CC1. The van der Waals surface area contributed by atoms with Crippen molar-refractivity contribution in [1.29, 1.82) is 0 Å². The van der Waals surface area contributed by atoms with E-state index in [2.05, 4.69) is 15.2 Å². The van der Waals surface area contributed by atoms with Gasteiger partial charge in [0.15, 0.2) is 0 Å². The predicted octanol–water partition coefficient (Wildman–Crippen LogP) is 2.12. The molecule has 0 radical (unpaired) electrons. The minimum atomic E-state index is -0.0246. The Kier molecular flexibility index (Phi) is 5.85. The topological polar surface area (TPSA) is 57.7 Å². The van der Waals surface area contributed by atoms with Crippen molar-refractivity contribution in [3.05, 3.63) is 59.9 Å². The number of nitrogens with one attached hydrogen (secondary N) is 1. The van der Waals surface area contributed by atoms with Gasteiger partial charge in [0.1, 0.15) is 5.75 Å². The van der Waals surface area contributed by atoms with Gasteiger partial charge in [0.25, 0.3) is 0 Å². The van der Waals surface area contributed by atoms with Crippen molar-refractivity contribution in [3.8, 4) is 5.75 Å². The molecule has 0 aliphatic carbocycles. The summed E-state index contributed by atoms with van der Waals surface area (Å²) in [6.07, 6.45) is 1.82. The van der Waals surface area contributed by atoms with E-state index in [4.69, 9.17) is 4.74 Å². The number of piperazine rings is 1. The number of urea groups is 1. The lowest BCUT2D eigenvalue weighted by atomic mass is 10.2. The fraction of sp³-hybridized carbons (Fsp3) is 0.368. The highest BCUT2D eigenvalue weighted by Crippen LogP contribution is 2.17.